The normalized spacial score (nSPS) is 29.9. The number of rotatable bonds is 6. The maximum Gasteiger partial charge on any atom is 0.243 e. The molecule has 8 heteroatoms. The number of carbonyl (C=O) groups is 1. The minimum absolute atomic E-state index is 0. The van der Waals surface area contributed by atoms with Gasteiger partial charge >= 0.3 is 0 Å². The van der Waals surface area contributed by atoms with Gasteiger partial charge in [-0.2, -0.15) is 0 Å². The predicted molar refractivity (Wildman–Crippen MR) is 119 cm³/mol. The highest BCUT2D eigenvalue weighted by Gasteiger charge is 2.58. The summed E-state index contributed by atoms with van der Waals surface area (Å²) in [4.78, 5) is 18.0. The molecule has 158 valence electrons. The quantitative estimate of drug-likeness (QED) is 0.335. The van der Waals surface area contributed by atoms with E-state index in [1.165, 1.54) is 6.42 Å². The molecular formula is C19H37IN4O3. The van der Waals surface area contributed by atoms with Gasteiger partial charge < -0.3 is 25.0 Å². The molecule has 0 spiro atoms. The lowest BCUT2D eigenvalue weighted by molar-refractivity contribution is -0.176. The molecule has 1 heterocycles. The van der Waals surface area contributed by atoms with Crippen LogP contribution >= 0.6 is 24.0 Å². The number of ether oxygens (including phenoxy) is 2. The van der Waals surface area contributed by atoms with Gasteiger partial charge in [0.1, 0.15) is 6.54 Å². The zero-order chi connectivity index (χ0) is 19.4. The molecule has 0 bridgehead atoms. The third-order valence-electron chi connectivity index (χ3n) is 6.23. The molecule has 2 rings (SSSR count). The maximum absolute atomic E-state index is 11.9. The first-order chi connectivity index (χ1) is 12.2. The van der Waals surface area contributed by atoms with Crippen molar-refractivity contribution in [2.24, 2.45) is 10.4 Å². The van der Waals surface area contributed by atoms with Crippen LogP contribution in [0.15, 0.2) is 4.99 Å². The molecule has 1 amide bonds. The minimum Gasteiger partial charge on any atom is -0.378 e. The third kappa shape index (κ3) is 5.93. The SMILES string of the molecule is COC1(C)CC(NC(=NCC(=O)N(C)C)NCC2CCCCO2)C1(C)C.I. The molecule has 0 aromatic rings. The summed E-state index contributed by atoms with van der Waals surface area (Å²) in [5, 5.41) is 6.87. The van der Waals surface area contributed by atoms with Gasteiger partial charge in [0.15, 0.2) is 5.96 Å². The van der Waals surface area contributed by atoms with Gasteiger partial charge in [0, 0.05) is 45.8 Å². The van der Waals surface area contributed by atoms with Crippen molar-refractivity contribution in [2.75, 3.05) is 40.9 Å². The smallest absolute Gasteiger partial charge is 0.243 e. The Balaban J connectivity index is 0.00000364. The van der Waals surface area contributed by atoms with E-state index in [1.54, 1.807) is 26.1 Å². The van der Waals surface area contributed by atoms with Crippen molar-refractivity contribution < 1.29 is 14.3 Å². The topological polar surface area (TPSA) is 75.2 Å². The molecule has 27 heavy (non-hydrogen) atoms. The zero-order valence-electron chi connectivity index (χ0n) is 17.6. The van der Waals surface area contributed by atoms with Crippen LogP contribution in [-0.4, -0.2) is 75.4 Å². The molecule has 7 nitrogen and oxygen atoms in total. The average molecular weight is 496 g/mol. The lowest BCUT2D eigenvalue weighted by Gasteiger charge is -2.59. The Labute approximate surface area is 181 Å². The number of halogens is 1. The van der Waals surface area contributed by atoms with E-state index in [4.69, 9.17) is 9.47 Å². The summed E-state index contributed by atoms with van der Waals surface area (Å²) in [5.74, 6) is 0.653. The minimum atomic E-state index is -0.151. The first-order valence-electron chi connectivity index (χ1n) is 9.61. The van der Waals surface area contributed by atoms with Crippen LogP contribution in [0.4, 0.5) is 0 Å². The van der Waals surface area contributed by atoms with Gasteiger partial charge in [-0.25, -0.2) is 4.99 Å². The first-order valence-corrected chi connectivity index (χ1v) is 9.61. The van der Waals surface area contributed by atoms with Crippen LogP contribution < -0.4 is 10.6 Å². The van der Waals surface area contributed by atoms with Crippen LogP contribution in [0, 0.1) is 5.41 Å². The largest absolute Gasteiger partial charge is 0.378 e. The van der Waals surface area contributed by atoms with E-state index < -0.39 is 0 Å². The molecule has 1 saturated carbocycles. The number of likely N-dealkylation sites (N-methyl/N-ethyl adjacent to an activating group) is 1. The summed E-state index contributed by atoms with van der Waals surface area (Å²) in [5.41, 5.74) is -0.182. The monoisotopic (exact) mass is 496 g/mol. The Morgan fingerprint density at radius 1 is 1.30 bits per heavy atom. The van der Waals surface area contributed by atoms with E-state index in [-0.39, 0.29) is 59.6 Å². The van der Waals surface area contributed by atoms with Gasteiger partial charge in [-0.3, -0.25) is 4.79 Å². The van der Waals surface area contributed by atoms with Gasteiger partial charge in [-0.05, 0) is 32.6 Å². The average Bonchev–Trinajstić information content (AvgIpc) is 2.63. The van der Waals surface area contributed by atoms with Crippen LogP contribution in [0.2, 0.25) is 0 Å². The summed E-state index contributed by atoms with van der Waals surface area (Å²) in [6.07, 6.45) is 4.51. The van der Waals surface area contributed by atoms with Crippen LogP contribution in [0.1, 0.15) is 46.5 Å². The number of amides is 1. The first kappa shape index (κ1) is 24.4. The van der Waals surface area contributed by atoms with E-state index >= 15 is 0 Å². The molecule has 2 aliphatic rings. The summed E-state index contributed by atoms with van der Waals surface area (Å²) < 4.78 is 11.5. The van der Waals surface area contributed by atoms with Gasteiger partial charge in [0.25, 0.3) is 0 Å². The van der Waals surface area contributed by atoms with Crippen molar-refractivity contribution in [3.05, 3.63) is 0 Å². The van der Waals surface area contributed by atoms with Crippen LogP contribution in [0.5, 0.6) is 0 Å². The Bertz CT molecular complexity index is 521. The third-order valence-corrected chi connectivity index (χ3v) is 6.23. The number of hydrogen-bond acceptors (Lipinski definition) is 4. The molecule has 2 N–H and O–H groups in total. The van der Waals surface area contributed by atoms with Crippen molar-refractivity contribution in [3.8, 4) is 0 Å². The number of hydrogen-bond donors (Lipinski definition) is 2. The van der Waals surface area contributed by atoms with Crippen LogP contribution in [-0.2, 0) is 14.3 Å². The lowest BCUT2D eigenvalue weighted by atomic mass is 9.56. The van der Waals surface area contributed by atoms with E-state index in [0.717, 1.165) is 25.9 Å². The second-order valence-electron chi connectivity index (χ2n) is 8.38. The second kappa shape index (κ2) is 10.2. The molecule has 1 aliphatic carbocycles. The van der Waals surface area contributed by atoms with E-state index in [0.29, 0.717) is 12.5 Å². The maximum atomic E-state index is 11.9. The number of guanidine groups is 1. The number of nitrogens with one attached hydrogen (secondary N) is 2. The van der Waals surface area contributed by atoms with Gasteiger partial charge in [0.05, 0.1) is 11.7 Å². The highest BCUT2D eigenvalue weighted by atomic mass is 127. The number of nitrogens with zero attached hydrogens (tertiary/aromatic N) is 2. The van der Waals surface area contributed by atoms with Gasteiger partial charge in [-0.1, -0.05) is 13.8 Å². The molecule has 0 aromatic heterocycles. The molecule has 3 atom stereocenters. The van der Waals surface area contributed by atoms with E-state index in [9.17, 15) is 4.79 Å². The van der Waals surface area contributed by atoms with Crippen molar-refractivity contribution >= 4 is 35.8 Å². The summed E-state index contributed by atoms with van der Waals surface area (Å²) >= 11 is 0. The predicted octanol–water partition coefficient (Wildman–Crippen LogP) is 2.00. The number of aliphatic imine (C=N–C) groups is 1. The van der Waals surface area contributed by atoms with Crippen molar-refractivity contribution in [1.29, 1.82) is 0 Å². The van der Waals surface area contributed by atoms with Gasteiger partial charge in [0.2, 0.25) is 5.91 Å². The molecular weight excluding hydrogens is 459 g/mol. The zero-order valence-corrected chi connectivity index (χ0v) is 20.0. The number of carbonyl (C=O) groups excluding carboxylic acids is 1. The molecule has 0 radical (unpaired) electrons. The molecule has 0 aromatic carbocycles. The Morgan fingerprint density at radius 2 is 2.00 bits per heavy atom. The highest BCUT2D eigenvalue weighted by Crippen LogP contribution is 2.51. The highest BCUT2D eigenvalue weighted by molar-refractivity contribution is 14.0. The molecule has 3 unspecified atom stereocenters. The van der Waals surface area contributed by atoms with Crippen LogP contribution in [0.3, 0.4) is 0 Å². The van der Waals surface area contributed by atoms with Gasteiger partial charge in [-0.15, -0.1) is 24.0 Å². The van der Waals surface area contributed by atoms with Crippen molar-refractivity contribution in [2.45, 2.75) is 64.2 Å². The summed E-state index contributed by atoms with van der Waals surface area (Å²) in [6.45, 7) is 8.20. The fourth-order valence-electron chi connectivity index (χ4n) is 3.51. The summed E-state index contributed by atoms with van der Waals surface area (Å²) in [6, 6.07) is 0.237. The van der Waals surface area contributed by atoms with E-state index in [1.807, 2.05) is 0 Å². The van der Waals surface area contributed by atoms with Crippen molar-refractivity contribution in [1.82, 2.24) is 15.5 Å². The lowest BCUT2D eigenvalue weighted by Crippen LogP contribution is -2.69. The second-order valence-corrected chi connectivity index (χ2v) is 8.38. The Morgan fingerprint density at radius 3 is 2.52 bits per heavy atom. The summed E-state index contributed by atoms with van der Waals surface area (Å²) in [7, 11) is 5.25. The fraction of sp³-hybridized carbons (Fsp3) is 0.895. The van der Waals surface area contributed by atoms with Crippen LogP contribution in [0.25, 0.3) is 0 Å². The molecule has 1 aliphatic heterocycles. The van der Waals surface area contributed by atoms with E-state index in [2.05, 4.69) is 36.4 Å². The molecule has 1 saturated heterocycles. The van der Waals surface area contributed by atoms with Crippen molar-refractivity contribution in [3.63, 3.8) is 0 Å². The fourth-order valence-corrected chi connectivity index (χ4v) is 3.51. The standard InChI is InChI=1S/C19H36N4O3.HI/c1-18(2)15(11-19(18,3)25-6)22-17(21-13-16(24)23(4)5)20-12-14-9-7-8-10-26-14;/h14-15H,7-13H2,1-6H3,(H2,20,21,22);1H. The Hall–Kier alpha value is -0.610. The Kier molecular flexibility index (Phi) is 9.27. The number of methoxy groups -OCH3 is 1. The molecule has 2 fully saturated rings.